The molecular weight excluding hydrogens is 284 g/mol. The molecule has 2 aliphatic rings. The van der Waals surface area contributed by atoms with Crippen LogP contribution in [-0.4, -0.2) is 45.7 Å². The van der Waals surface area contributed by atoms with Crippen molar-refractivity contribution >= 4 is 5.91 Å². The number of likely N-dealkylation sites (tertiary alicyclic amines) is 1. The summed E-state index contributed by atoms with van der Waals surface area (Å²) < 4.78 is 12.4. The first kappa shape index (κ1) is 13.1. The molecule has 1 aromatic heterocycles. The minimum absolute atomic E-state index is 0.147. The Hall–Kier alpha value is -2.57. The SMILES string of the molecule is O=C(Cc1ccc2c(c1)OCO2)N1CC(Cn2ccnn2)C1. The Morgan fingerprint density at radius 3 is 2.95 bits per heavy atom. The van der Waals surface area contributed by atoms with Gasteiger partial charge in [-0.2, -0.15) is 0 Å². The van der Waals surface area contributed by atoms with Crippen LogP contribution in [0.4, 0.5) is 0 Å². The van der Waals surface area contributed by atoms with Gasteiger partial charge in [-0.15, -0.1) is 5.10 Å². The molecule has 0 unspecified atom stereocenters. The minimum Gasteiger partial charge on any atom is -0.454 e. The Labute approximate surface area is 127 Å². The third-order valence-corrected chi connectivity index (χ3v) is 4.02. The van der Waals surface area contributed by atoms with Gasteiger partial charge in [0.2, 0.25) is 12.7 Å². The molecule has 0 spiro atoms. The first-order valence-electron chi connectivity index (χ1n) is 7.28. The fraction of sp³-hybridized carbons (Fsp3) is 0.400. The van der Waals surface area contributed by atoms with Crippen LogP contribution in [0.3, 0.4) is 0 Å². The van der Waals surface area contributed by atoms with Crippen molar-refractivity contribution in [3.05, 3.63) is 36.2 Å². The van der Waals surface area contributed by atoms with E-state index in [-0.39, 0.29) is 12.7 Å². The molecule has 0 atom stereocenters. The van der Waals surface area contributed by atoms with E-state index in [2.05, 4.69) is 10.3 Å². The topological polar surface area (TPSA) is 69.5 Å². The van der Waals surface area contributed by atoms with Crippen LogP contribution in [0.15, 0.2) is 30.6 Å². The maximum absolute atomic E-state index is 12.3. The second kappa shape index (κ2) is 5.32. The van der Waals surface area contributed by atoms with Crippen LogP contribution in [0.25, 0.3) is 0 Å². The number of hydrogen-bond donors (Lipinski definition) is 0. The summed E-state index contributed by atoms with van der Waals surface area (Å²) in [4.78, 5) is 14.1. The van der Waals surface area contributed by atoms with Crippen LogP contribution in [0.2, 0.25) is 0 Å². The molecule has 4 rings (SSSR count). The zero-order valence-corrected chi connectivity index (χ0v) is 12.0. The molecule has 0 radical (unpaired) electrons. The molecule has 1 amide bonds. The molecule has 7 nitrogen and oxygen atoms in total. The van der Waals surface area contributed by atoms with E-state index >= 15 is 0 Å². The van der Waals surface area contributed by atoms with Crippen molar-refractivity contribution in [2.24, 2.45) is 5.92 Å². The van der Waals surface area contributed by atoms with Crippen LogP contribution in [0.1, 0.15) is 5.56 Å². The molecule has 1 aromatic carbocycles. The molecule has 1 fully saturated rings. The molecule has 0 N–H and O–H groups in total. The van der Waals surface area contributed by atoms with Crippen LogP contribution >= 0.6 is 0 Å². The lowest BCUT2D eigenvalue weighted by atomic mass is 9.99. The fourth-order valence-electron chi connectivity index (χ4n) is 2.82. The lowest BCUT2D eigenvalue weighted by Crippen LogP contribution is -2.51. The number of ether oxygens (including phenoxy) is 2. The van der Waals surface area contributed by atoms with E-state index in [1.54, 1.807) is 6.20 Å². The summed E-state index contributed by atoms with van der Waals surface area (Å²) in [6, 6.07) is 5.65. The molecular formula is C15H16N4O3. The molecule has 0 aliphatic carbocycles. The molecule has 3 heterocycles. The predicted molar refractivity (Wildman–Crippen MR) is 76.4 cm³/mol. The predicted octanol–water partition coefficient (Wildman–Crippen LogP) is 0.708. The van der Waals surface area contributed by atoms with Gasteiger partial charge in [-0.05, 0) is 17.7 Å². The number of nitrogens with zero attached hydrogens (tertiary/aromatic N) is 4. The Morgan fingerprint density at radius 1 is 1.27 bits per heavy atom. The Bertz CT molecular complexity index is 680. The van der Waals surface area contributed by atoms with Gasteiger partial charge in [0.25, 0.3) is 0 Å². The summed E-state index contributed by atoms with van der Waals surface area (Å²) in [5.41, 5.74) is 0.953. The van der Waals surface area contributed by atoms with Gasteiger partial charge in [0.15, 0.2) is 11.5 Å². The normalized spacial score (nSPS) is 16.6. The highest BCUT2D eigenvalue weighted by molar-refractivity contribution is 5.79. The zero-order valence-electron chi connectivity index (χ0n) is 12.0. The number of aromatic nitrogens is 3. The summed E-state index contributed by atoms with van der Waals surface area (Å²) >= 11 is 0. The summed E-state index contributed by atoms with van der Waals surface area (Å²) in [5.74, 6) is 2.07. The highest BCUT2D eigenvalue weighted by Crippen LogP contribution is 2.32. The van der Waals surface area contributed by atoms with Gasteiger partial charge >= 0.3 is 0 Å². The second-order valence-electron chi connectivity index (χ2n) is 5.65. The maximum Gasteiger partial charge on any atom is 0.231 e. The standard InChI is InChI=1S/C15H16N4O3/c20-15(6-11-1-2-13-14(5-11)22-10-21-13)18-7-12(8-18)9-19-4-3-16-17-19/h1-5,12H,6-10H2. The van der Waals surface area contributed by atoms with Gasteiger partial charge < -0.3 is 14.4 Å². The zero-order chi connectivity index (χ0) is 14.9. The lowest BCUT2D eigenvalue weighted by molar-refractivity contribution is -0.137. The Morgan fingerprint density at radius 2 is 2.14 bits per heavy atom. The summed E-state index contributed by atoms with van der Waals surface area (Å²) in [6.45, 7) is 2.63. The van der Waals surface area contributed by atoms with Crippen LogP contribution < -0.4 is 9.47 Å². The van der Waals surface area contributed by atoms with Gasteiger partial charge in [0.05, 0.1) is 12.6 Å². The van der Waals surface area contributed by atoms with E-state index < -0.39 is 0 Å². The molecule has 114 valence electrons. The van der Waals surface area contributed by atoms with Gasteiger partial charge in [-0.1, -0.05) is 11.3 Å². The average molecular weight is 300 g/mol. The van der Waals surface area contributed by atoms with Crippen LogP contribution in [0, 0.1) is 5.92 Å². The van der Waals surface area contributed by atoms with Crippen molar-refractivity contribution in [2.75, 3.05) is 19.9 Å². The third-order valence-electron chi connectivity index (χ3n) is 4.02. The van der Waals surface area contributed by atoms with E-state index in [1.807, 2.05) is 34.0 Å². The second-order valence-corrected chi connectivity index (χ2v) is 5.65. The highest BCUT2D eigenvalue weighted by atomic mass is 16.7. The highest BCUT2D eigenvalue weighted by Gasteiger charge is 2.31. The summed E-state index contributed by atoms with van der Waals surface area (Å²) in [7, 11) is 0. The van der Waals surface area contributed by atoms with E-state index in [1.165, 1.54) is 0 Å². The quantitative estimate of drug-likeness (QED) is 0.831. The van der Waals surface area contributed by atoms with E-state index in [0.29, 0.717) is 12.3 Å². The largest absolute Gasteiger partial charge is 0.454 e. The smallest absolute Gasteiger partial charge is 0.231 e. The maximum atomic E-state index is 12.3. The Balaban J connectivity index is 1.30. The van der Waals surface area contributed by atoms with Crippen molar-refractivity contribution in [3.63, 3.8) is 0 Å². The van der Waals surface area contributed by atoms with Crippen LogP contribution in [0.5, 0.6) is 11.5 Å². The van der Waals surface area contributed by atoms with Gasteiger partial charge in [0, 0.05) is 31.7 Å². The fourth-order valence-corrected chi connectivity index (χ4v) is 2.82. The number of hydrogen-bond acceptors (Lipinski definition) is 5. The van der Waals surface area contributed by atoms with Crippen molar-refractivity contribution in [1.29, 1.82) is 0 Å². The number of fused-ring (bicyclic) bond motifs is 1. The van der Waals surface area contributed by atoms with Crippen molar-refractivity contribution in [2.45, 2.75) is 13.0 Å². The van der Waals surface area contributed by atoms with Crippen molar-refractivity contribution < 1.29 is 14.3 Å². The number of carbonyl (C=O) groups excluding carboxylic acids is 1. The lowest BCUT2D eigenvalue weighted by Gasteiger charge is -2.39. The Kier molecular flexibility index (Phi) is 3.17. The summed E-state index contributed by atoms with van der Waals surface area (Å²) in [6.07, 6.45) is 3.91. The monoisotopic (exact) mass is 300 g/mol. The average Bonchev–Trinajstić information content (AvgIpc) is 3.12. The van der Waals surface area contributed by atoms with Crippen LogP contribution in [-0.2, 0) is 17.8 Å². The molecule has 2 aliphatic heterocycles. The summed E-state index contributed by atoms with van der Waals surface area (Å²) in [5, 5.41) is 7.73. The molecule has 2 aromatic rings. The first-order chi connectivity index (χ1) is 10.8. The van der Waals surface area contributed by atoms with E-state index in [4.69, 9.17) is 9.47 Å². The number of amides is 1. The van der Waals surface area contributed by atoms with Gasteiger partial charge in [0.1, 0.15) is 0 Å². The molecule has 0 saturated carbocycles. The molecule has 0 bridgehead atoms. The molecule has 22 heavy (non-hydrogen) atoms. The van der Waals surface area contributed by atoms with Crippen molar-refractivity contribution in [3.8, 4) is 11.5 Å². The number of benzene rings is 1. The van der Waals surface area contributed by atoms with E-state index in [0.717, 1.165) is 36.7 Å². The van der Waals surface area contributed by atoms with Gasteiger partial charge in [-0.25, -0.2) is 0 Å². The molecule has 7 heteroatoms. The van der Waals surface area contributed by atoms with Crippen molar-refractivity contribution in [1.82, 2.24) is 19.9 Å². The number of rotatable bonds is 4. The molecule has 1 saturated heterocycles. The third kappa shape index (κ3) is 2.49. The van der Waals surface area contributed by atoms with E-state index in [9.17, 15) is 4.79 Å². The van der Waals surface area contributed by atoms with Gasteiger partial charge in [-0.3, -0.25) is 9.48 Å². The number of carbonyl (C=O) groups is 1. The minimum atomic E-state index is 0.147. The first-order valence-corrected chi connectivity index (χ1v) is 7.28.